The summed E-state index contributed by atoms with van der Waals surface area (Å²) in [6.07, 6.45) is 0. The zero-order valence-corrected chi connectivity index (χ0v) is 15.9. The smallest absolute Gasteiger partial charge is 0.290 e. The molecular weight excluding hydrogens is 396 g/mol. The van der Waals surface area contributed by atoms with Gasteiger partial charge in [-0.05, 0) is 41.5 Å². The summed E-state index contributed by atoms with van der Waals surface area (Å²) < 4.78 is 28.0. The highest BCUT2D eigenvalue weighted by Gasteiger charge is 2.42. The third-order valence-corrected chi connectivity index (χ3v) is 5.18. The average Bonchev–Trinajstić information content (AvgIpc) is 2.95. The topological polar surface area (TPSA) is 40.5 Å². The van der Waals surface area contributed by atoms with Crippen molar-refractivity contribution in [3.63, 3.8) is 0 Å². The van der Waals surface area contributed by atoms with Crippen LogP contribution >= 0.6 is 11.6 Å². The lowest BCUT2D eigenvalue weighted by molar-refractivity contribution is -0.130. The standard InChI is InChI=1S/C23H16ClF2NO2/c24-16-9-7-15(8-10-16)20-21(18-3-1-2-4-19(18)26)27(23(29)22(20)28)13-14-5-11-17(25)12-6-14/h1-12,21,28H,13H2/t21-/m0/s1. The molecule has 1 amide bonds. The molecule has 0 saturated carbocycles. The van der Waals surface area contributed by atoms with Crippen LogP contribution < -0.4 is 0 Å². The number of halogens is 3. The van der Waals surface area contributed by atoms with E-state index in [1.165, 1.54) is 23.1 Å². The van der Waals surface area contributed by atoms with E-state index < -0.39 is 29.3 Å². The summed E-state index contributed by atoms with van der Waals surface area (Å²) in [5, 5.41) is 11.2. The first-order valence-corrected chi connectivity index (χ1v) is 9.32. The van der Waals surface area contributed by atoms with Crippen molar-refractivity contribution in [2.45, 2.75) is 12.6 Å². The highest BCUT2D eigenvalue weighted by Crippen LogP contribution is 2.44. The van der Waals surface area contributed by atoms with Crippen LogP contribution in [0.2, 0.25) is 5.02 Å². The van der Waals surface area contributed by atoms with Crippen molar-refractivity contribution in [1.29, 1.82) is 0 Å². The van der Waals surface area contributed by atoms with Crippen LogP contribution in [0.25, 0.3) is 5.57 Å². The van der Waals surface area contributed by atoms with Crippen LogP contribution in [-0.4, -0.2) is 15.9 Å². The first kappa shape index (κ1) is 19.2. The number of nitrogens with zero attached hydrogens (tertiary/aromatic N) is 1. The van der Waals surface area contributed by atoms with E-state index in [0.29, 0.717) is 21.7 Å². The van der Waals surface area contributed by atoms with Crippen molar-refractivity contribution < 1.29 is 18.7 Å². The predicted octanol–water partition coefficient (Wildman–Crippen LogP) is 5.67. The van der Waals surface area contributed by atoms with Crippen LogP contribution in [0.4, 0.5) is 8.78 Å². The number of hydrogen-bond donors (Lipinski definition) is 1. The number of rotatable bonds is 4. The highest BCUT2D eigenvalue weighted by molar-refractivity contribution is 6.30. The zero-order valence-electron chi connectivity index (χ0n) is 15.1. The molecule has 3 nitrogen and oxygen atoms in total. The second kappa shape index (κ2) is 7.68. The lowest BCUT2D eigenvalue weighted by atomic mass is 9.93. The van der Waals surface area contributed by atoms with E-state index in [-0.39, 0.29) is 12.1 Å². The zero-order chi connectivity index (χ0) is 20.5. The SMILES string of the molecule is O=C1C(O)=C(c2ccc(Cl)cc2)[C@H](c2ccccc2F)N1Cc1ccc(F)cc1. The van der Waals surface area contributed by atoms with Gasteiger partial charge >= 0.3 is 0 Å². The fourth-order valence-corrected chi connectivity index (χ4v) is 3.67. The normalized spacial score (nSPS) is 16.6. The summed E-state index contributed by atoms with van der Waals surface area (Å²) in [6.45, 7) is 0.0826. The monoisotopic (exact) mass is 411 g/mol. The van der Waals surface area contributed by atoms with Gasteiger partial charge < -0.3 is 10.0 Å². The molecule has 1 aliphatic heterocycles. The van der Waals surface area contributed by atoms with Crippen LogP contribution in [0.5, 0.6) is 0 Å². The minimum absolute atomic E-state index is 0.0826. The molecule has 0 radical (unpaired) electrons. The van der Waals surface area contributed by atoms with E-state index in [4.69, 9.17) is 11.6 Å². The number of benzene rings is 3. The maximum atomic E-state index is 14.7. The minimum atomic E-state index is -0.838. The molecule has 0 fully saturated rings. The molecule has 6 heteroatoms. The summed E-state index contributed by atoms with van der Waals surface area (Å²) in [7, 11) is 0. The largest absolute Gasteiger partial charge is 0.503 e. The van der Waals surface area contributed by atoms with Gasteiger partial charge in [-0.1, -0.05) is 54.1 Å². The molecule has 3 aromatic carbocycles. The van der Waals surface area contributed by atoms with E-state index in [0.717, 1.165) is 0 Å². The molecule has 146 valence electrons. The molecule has 3 aromatic rings. The van der Waals surface area contributed by atoms with Crippen molar-refractivity contribution in [2.24, 2.45) is 0 Å². The molecule has 1 aliphatic rings. The van der Waals surface area contributed by atoms with Gasteiger partial charge in [0.25, 0.3) is 5.91 Å². The van der Waals surface area contributed by atoms with Crippen LogP contribution in [0.15, 0.2) is 78.6 Å². The van der Waals surface area contributed by atoms with Crippen LogP contribution in [0.3, 0.4) is 0 Å². The van der Waals surface area contributed by atoms with Gasteiger partial charge in [0.1, 0.15) is 11.6 Å². The molecule has 0 aliphatic carbocycles. The van der Waals surface area contributed by atoms with E-state index in [9.17, 15) is 18.7 Å². The van der Waals surface area contributed by atoms with Crippen LogP contribution in [-0.2, 0) is 11.3 Å². The molecule has 0 bridgehead atoms. The fourth-order valence-electron chi connectivity index (χ4n) is 3.55. The molecule has 0 unspecified atom stereocenters. The molecule has 29 heavy (non-hydrogen) atoms. The summed E-state index contributed by atoms with van der Waals surface area (Å²) in [4.78, 5) is 14.3. The Balaban J connectivity index is 1.83. The average molecular weight is 412 g/mol. The Bertz CT molecular complexity index is 1090. The number of hydrogen-bond acceptors (Lipinski definition) is 2. The Kier molecular flexibility index (Phi) is 5.07. The Labute approximate surface area is 171 Å². The van der Waals surface area contributed by atoms with Gasteiger partial charge in [-0.15, -0.1) is 0 Å². The van der Waals surface area contributed by atoms with Crippen LogP contribution in [0.1, 0.15) is 22.7 Å². The molecule has 1 N–H and O–H groups in total. The van der Waals surface area contributed by atoms with E-state index >= 15 is 0 Å². The Morgan fingerprint density at radius 3 is 2.24 bits per heavy atom. The van der Waals surface area contributed by atoms with Crippen molar-refractivity contribution in [3.8, 4) is 0 Å². The quantitative estimate of drug-likeness (QED) is 0.600. The summed E-state index contributed by atoms with van der Waals surface area (Å²) >= 11 is 5.96. The van der Waals surface area contributed by atoms with Gasteiger partial charge in [-0.25, -0.2) is 8.78 Å². The third kappa shape index (κ3) is 3.61. The lowest BCUT2D eigenvalue weighted by Gasteiger charge is -2.28. The maximum Gasteiger partial charge on any atom is 0.290 e. The number of aliphatic hydroxyl groups excluding tert-OH is 1. The maximum absolute atomic E-state index is 14.7. The van der Waals surface area contributed by atoms with Crippen molar-refractivity contribution in [3.05, 3.63) is 112 Å². The molecule has 0 spiro atoms. The second-order valence-corrected chi connectivity index (χ2v) is 7.19. The number of carbonyl (C=O) groups is 1. The lowest BCUT2D eigenvalue weighted by Crippen LogP contribution is -2.30. The van der Waals surface area contributed by atoms with Gasteiger partial charge in [0.05, 0.1) is 6.04 Å². The Morgan fingerprint density at radius 2 is 1.59 bits per heavy atom. The molecule has 1 atom stereocenters. The molecule has 1 heterocycles. The fraction of sp³-hybridized carbons (Fsp3) is 0.0870. The van der Waals surface area contributed by atoms with Crippen molar-refractivity contribution in [2.75, 3.05) is 0 Å². The predicted molar refractivity (Wildman–Crippen MR) is 107 cm³/mol. The molecule has 0 aromatic heterocycles. The van der Waals surface area contributed by atoms with E-state index in [1.54, 1.807) is 54.6 Å². The Morgan fingerprint density at radius 1 is 0.931 bits per heavy atom. The first-order valence-electron chi connectivity index (χ1n) is 8.94. The molecule has 4 rings (SSSR count). The van der Waals surface area contributed by atoms with Gasteiger partial charge in [-0.3, -0.25) is 4.79 Å². The van der Waals surface area contributed by atoms with Gasteiger partial charge in [0.15, 0.2) is 5.76 Å². The number of carbonyl (C=O) groups excluding carboxylic acids is 1. The first-order chi connectivity index (χ1) is 14.0. The van der Waals surface area contributed by atoms with E-state index in [1.807, 2.05) is 0 Å². The molecule has 0 saturated heterocycles. The summed E-state index contributed by atoms with van der Waals surface area (Å²) in [5.74, 6) is -1.94. The van der Waals surface area contributed by atoms with Crippen molar-refractivity contribution in [1.82, 2.24) is 4.90 Å². The van der Waals surface area contributed by atoms with E-state index in [2.05, 4.69) is 0 Å². The number of amides is 1. The van der Waals surface area contributed by atoms with Crippen molar-refractivity contribution >= 4 is 23.1 Å². The van der Waals surface area contributed by atoms with Crippen LogP contribution in [0, 0.1) is 11.6 Å². The van der Waals surface area contributed by atoms with Gasteiger partial charge in [0.2, 0.25) is 0 Å². The number of aliphatic hydroxyl groups is 1. The minimum Gasteiger partial charge on any atom is -0.503 e. The van der Waals surface area contributed by atoms with Gasteiger partial charge in [0, 0.05) is 22.7 Å². The molecular formula is C23H16ClF2NO2. The summed E-state index contributed by atoms with van der Waals surface area (Å²) in [5.41, 5.74) is 1.79. The Hall–Kier alpha value is -3.18. The highest BCUT2D eigenvalue weighted by atomic mass is 35.5. The van der Waals surface area contributed by atoms with Gasteiger partial charge in [-0.2, -0.15) is 0 Å². The second-order valence-electron chi connectivity index (χ2n) is 6.75. The third-order valence-electron chi connectivity index (χ3n) is 4.92. The summed E-state index contributed by atoms with van der Waals surface area (Å²) in [6, 6.07) is 17.6.